The van der Waals surface area contributed by atoms with Crippen LogP contribution in [0.1, 0.15) is 36.0 Å². The predicted molar refractivity (Wildman–Crippen MR) is 67.3 cm³/mol. The minimum atomic E-state index is 0.0804. The molecule has 0 bridgehead atoms. The molecule has 2 rings (SSSR count). The second kappa shape index (κ2) is 4.88. The van der Waals surface area contributed by atoms with E-state index < -0.39 is 0 Å². The maximum absolute atomic E-state index is 12.1. The van der Waals surface area contributed by atoms with Gasteiger partial charge in [0.15, 0.2) is 5.78 Å². The molecule has 1 aromatic rings. The summed E-state index contributed by atoms with van der Waals surface area (Å²) in [5.41, 5.74) is 6.60. The van der Waals surface area contributed by atoms with Crippen LogP contribution in [0, 0.1) is 5.41 Å². The van der Waals surface area contributed by atoms with E-state index >= 15 is 0 Å². The Labute approximate surface area is 102 Å². The fourth-order valence-corrected chi connectivity index (χ4v) is 2.35. The summed E-state index contributed by atoms with van der Waals surface area (Å²) < 4.78 is 5.07. The molecule has 1 saturated carbocycles. The Hall–Kier alpha value is -1.35. The number of carbonyl (C=O) groups excluding carboxylic acids is 1. The highest BCUT2D eigenvalue weighted by atomic mass is 16.5. The Balaban J connectivity index is 2.03. The van der Waals surface area contributed by atoms with Crippen molar-refractivity contribution in [2.45, 2.75) is 25.7 Å². The Bertz CT molecular complexity index is 388. The van der Waals surface area contributed by atoms with Gasteiger partial charge in [0.25, 0.3) is 0 Å². The molecule has 0 aliphatic heterocycles. The van der Waals surface area contributed by atoms with Gasteiger partial charge in [-0.1, -0.05) is 6.42 Å². The van der Waals surface area contributed by atoms with Crippen LogP contribution in [0.15, 0.2) is 24.3 Å². The largest absolute Gasteiger partial charge is 0.497 e. The fraction of sp³-hybridized carbons (Fsp3) is 0.500. The molecule has 0 amide bonds. The van der Waals surface area contributed by atoms with Crippen molar-refractivity contribution in [1.29, 1.82) is 0 Å². The molecule has 0 aromatic heterocycles. The molecule has 2 N–H and O–H groups in total. The molecule has 1 aliphatic rings. The first-order valence-corrected chi connectivity index (χ1v) is 6.06. The van der Waals surface area contributed by atoms with Gasteiger partial charge < -0.3 is 10.5 Å². The topological polar surface area (TPSA) is 52.3 Å². The molecule has 3 nitrogen and oxygen atoms in total. The van der Waals surface area contributed by atoms with Crippen molar-refractivity contribution < 1.29 is 9.53 Å². The first kappa shape index (κ1) is 12.1. The number of hydrogen-bond acceptors (Lipinski definition) is 3. The zero-order valence-electron chi connectivity index (χ0n) is 10.2. The van der Waals surface area contributed by atoms with Crippen molar-refractivity contribution in [2.24, 2.45) is 11.1 Å². The van der Waals surface area contributed by atoms with Crippen molar-refractivity contribution in [3.63, 3.8) is 0 Å². The standard InChI is InChI=1S/C14H19NO2/c1-17-12-5-3-11(4-6-12)13(16)9-14(10-15)7-2-8-14/h3-6H,2,7-10,15H2,1H3. The van der Waals surface area contributed by atoms with Gasteiger partial charge in [-0.2, -0.15) is 0 Å². The molecular formula is C14H19NO2. The fourth-order valence-electron chi connectivity index (χ4n) is 2.35. The number of hydrogen-bond donors (Lipinski definition) is 1. The molecule has 0 saturated heterocycles. The second-order valence-corrected chi connectivity index (χ2v) is 4.89. The molecule has 92 valence electrons. The quantitative estimate of drug-likeness (QED) is 0.794. The van der Waals surface area contributed by atoms with Crippen LogP contribution in [0.5, 0.6) is 5.75 Å². The Morgan fingerprint density at radius 3 is 2.41 bits per heavy atom. The van der Waals surface area contributed by atoms with Crippen LogP contribution in [-0.2, 0) is 0 Å². The Morgan fingerprint density at radius 1 is 1.35 bits per heavy atom. The molecule has 1 fully saturated rings. The smallest absolute Gasteiger partial charge is 0.163 e. The van der Waals surface area contributed by atoms with Crippen molar-refractivity contribution in [1.82, 2.24) is 0 Å². The van der Waals surface area contributed by atoms with Crippen LogP contribution < -0.4 is 10.5 Å². The summed E-state index contributed by atoms with van der Waals surface area (Å²) in [7, 11) is 1.62. The van der Waals surface area contributed by atoms with Gasteiger partial charge in [0, 0.05) is 12.0 Å². The van der Waals surface area contributed by atoms with Gasteiger partial charge in [0.2, 0.25) is 0 Å². The van der Waals surface area contributed by atoms with Gasteiger partial charge in [0.1, 0.15) is 5.75 Å². The highest BCUT2D eigenvalue weighted by molar-refractivity contribution is 5.96. The molecule has 17 heavy (non-hydrogen) atoms. The molecule has 0 atom stereocenters. The first-order valence-electron chi connectivity index (χ1n) is 6.06. The lowest BCUT2D eigenvalue weighted by Crippen LogP contribution is -2.39. The normalized spacial score (nSPS) is 17.3. The van der Waals surface area contributed by atoms with Crippen LogP contribution in [0.3, 0.4) is 0 Å². The van der Waals surface area contributed by atoms with E-state index in [1.165, 1.54) is 6.42 Å². The molecule has 1 aromatic carbocycles. The number of methoxy groups -OCH3 is 1. The van der Waals surface area contributed by atoms with Crippen LogP contribution in [-0.4, -0.2) is 19.4 Å². The maximum Gasteiger partial charge on any atom is 0.163 e. The molecule has 0 heterocycles. The summed E-state index contributed by atoms with van der Waals surface area (Å²) in [6.45, 7) is 0.620. The van der Waals surface area contributed by atoms with Crippen molar-refractivity contribution in [2.75, 3.05) is 13.7 Å². The second-order valence-electron chi connectivity index (χ2n) is 4.89. The van der Waals surface area contributed by atoms with Crippen molar-refractivity contribution in [3.05, 3.63) is 29.8 Å². The van der Waals surface area contributed by atoms with Gasteiger partial charge in [-0.3, -0.25) is 4.79 Å². The minimum absolute atomic E-state index is 0.0804. The van der Waals surface area contributed by atoms with Crippen molar-refractivity contribution >= 4 is 5.78 Å². The van der Waals surface area contributed by atoms with Gasteiger partial charge in [-0.25, -0.2) is 0 Å². The summed E-state index contributed by atoms with van der Waals surface area (Å²) in [4.78, 5) is 12.1. The number of rotatable bonds is 5. The molecule has 0 spiro atoms. The van der Waals surface area contributed by atoms with Gasteiger partial charge >= 0.3 is 0 Å². The van der Waals surface area contributed by atoms with Crippen LogP contribution in [0.2, 0.25) is 0 Å². The van der Waals surface area contributed by atoms with E-state index in [9.17, 15) is 4.79 Å². The van der Waals surface area contributed by atoms with Crippen LogP contribution in [0.4, 0.5) is 0 Å². The lowest BCUT2D eigenvalue weighted by atomic mass is 9.65. The average Bonchev–Trinajstić information content (AvgIpc) is 2.33. The lowest BCUT2D eigenvalue weighted by molar-refractivity contribution is 0.0786. The number of ether oxygens (including phenoxy) is 1. The minimum Gasteiger partial charge on any atom is -0.497 e. The summed E-state index contributed by atoms with van der Waals surface area (Å²) in [6, 6.07) is 7.29. The van der Waals surface area contributed by atoms with Gasteiger partial charge in [-0.15, -0.1) is 0 Å². The van der Waals surface area contributed by atoms with E-state index in [-0.39, 0.29) is 11.2 Å². The summed E-state index contributed by atoms with van der Waals surface area (Å²) in [5.74, 6) is 0.969. The molecule has 1 aliphatic carbocycles. The SMILES string of the molecule is COc1ccc(C(=O)CC2(CN)CCC2)cc1. The number of benzene rings is 1. The van der Waals surface area contributed by atoms with E-state index in [2.05, 4.69) is 0 Å². The Morgan fingerprint density at radius 2 is 2.00 bits per heavy atom. The zero-order valence-corrected chi connectivity index (χ0v) is 10.2. The van der Waals surface area contributed by atoms with Crippen LogP contribution in [0.25, 0.3) is 0 Å². The monoisotopic (exact) mass is 233 g/mol. The van der Waals surface area contributed by atoms with E-state index in [1.54, 1.807) is 7.11 Å². The number of ketones is 1. The predicted octanol–water partition coefficient (Wildman–Crippen LogP) is 2.40. The van der Waals surface area contributed by atoms with E-state index in [0.29, 0.717) is 13.0 Å². The summed E-state index contributed by atoms with van der Waals surface area (Å²) in [5, 5.41) is 0. The molecule has 0 unspecified atom stereocenters. The molecular weight excluding hydrogens is 214 g/mol. The number of nitrogens with two attached hydrogens (primary N) is 1. The van der Waals surface area contributed by atoms with Crippen molar-refractivity contribution in [3.8, 4) is 5.75 Å². The third kappa shape index (κ3) is 2.50. The first-order chi connectivity index (χ1) is 8.19. The zero-order chi connectivity index (χ0) is 12.3. The average molecular weight is 233 g/mol. The molecule has 0 radical (unpaired) electrons. The van der Waals surface area contributed by atoms with Gasteiger partial charge in [0.05, 0.1) is 7.11 Å². The summed E-state index contributed by atoms with van der Waals surface area (Å²) >= 11 is 0. The van der Waals surface area contributed by atoms with E-state index in [4.69, 9.17) is 10.5 Å². The lowest BCUT2D eigenvalue weighted by Gasteiger charge is -2.40. The van der Waals surface area contributed by atoms with E-state index in [0.717, 1.165) is 24.2 Å². The summed E-state index contributed by atoms with van der Waals surface area (Å²) in [6.07, 6.45) is 3.96. The third-order valence-electron chi connectivity index (χ3n) is 3.79. The van der Waals surface area contributed by atoms with E-state index in [1.807, 2.05) is 24.3 Å². The Kier molecular flexibility index (Phi) is 3.48. The third-order valence-corrected chi connectivity index (χ3v) is 3.79. The highest BCUT2D eigenvalue weighted by Gasteiger charge is 2.37. The van der Waals surface area contributed by atoms with Crippen LogP contribution >= 0.6 is 0 Å². The highest BCUT2D eigenvalue weighted by Crippen LogP contribution is 2.43. The number of Topliss-reactive ketones (excluding diaryl/α,β-unsaturated/α-hetero) is 1. The molecule has 3 heteroatoms. The van der Waals surface area contributed by atoms with Gasteiger partial charge in [-0.05, 0) is 49.1 Å². The maximum atomic E-state index is 12.1. The number of carbonyl (C=O) groups is 1.